The Hall–Kier alpha value is -1.66. The van der Waals surface area contributed by atoms with E-state index >= 15 is 0 Å². The molecule has 0 saturated heterocycles. The average Bonchev–Trinajstić information content (AvgIpc) is 2.54. The second kappa shape index (κ2) is 5.32. The molecule has 0 N–H and O–H groups in total. The lowest BCUT2D eigenvalue weighted by Crippen LogP contribution is -1.99. The second-order valence-electron chi connectivity index (χ2n) is 3.99. The molecule has 0 atom stereocenters. The fourth-order valence-electron chi connectivity index (χ4n) is 2.19. The summed E-state index contributed by atoms with van der Waals surface area (Å²) in [7, 11) is 0. The summed E-state index contributed by atoms with van der Waals surface area (Å²) in [5, 5.41) is 9.84. The fraction of sp³-hybridized carbons (Fsp3) is 0.200. The number of ketones is 1. The molecule has 0 aromatic rings. The molecule has 18 heavy (non-hydrogen) atoms. The van der Waals surface area contributed by atoms with Crippen molar-refractivity contribution in [2.45, 2.75) is 18.7 Å². The summed E-state index contributed by atoms with van der Waals surface area (Å²) in [5.41, 5.74) is 3.84. The molecule has 0 heterocycles. The zero-order valence-corrected chi connectivity index (χ0v) is 11.6. The van der Waals surface area contributed by atoms with Crippen molar-refractivity contribution < 1.29 is 4.79 Å². The molecule has 0 saturated carbocycles. The average molecular weight is 302 g/mol. The van der Waals surface area contributed by atoms with E-state index in [1.165, 1.54) is 0 Å². The molecule has 0 radical (unpaired) electrons. The number of halogens is 1. The topological polar surface area (TPSA) is 40.9 Å². The van der Waals surface area contributed by atoms with Crippen molar-refractivity contribution in [2.75, 3.05) is 0 Å². The fourth-order valence-corrected chi connectivity index (χ4v) is 2.75. The second-order valence-corrected chi connectivity index (χ2v) is 4.55. The van der Waals surface area contributed by atoms with Crippen LogP contribution in [0.5, 0.6) is 0 Å². The molecule has 2 nitrogen and oxygen atoms in total. The van der Waals surface area contributed by atoms with Gasteiger partial charge in [-0.2, -0.15) is 5.26 Å². The zero-order chi connectivity index (χ0) is 13.1. The number of hydrogen-bond acceptors (Lipinski definition) is 2. The normalized spacial score (nSPS) is 10.3. The standard InChI is InChI=1S/C15H12BrNO/c1-2-14(18)15-11-7-5-3-4-6-10(11)13(9-17)12(15)8-16/h3-7H,2,8H2,1H3. The number of rotatable bonds is 3. The summed E-state index contributed by atoms with van der Waals surface area (Å²) in [4.78, 5) is 12.1. The highest BCUT2D eigenvalue weighted by Gasteiger charge is 2.24. The van der Waals surface area contributed by atoms with Gasteiger partial charge in [-0.05, 0) is 11.1 Å². The van der Waals surface area contributed by atoms with Crippen LogP contribution in [0, 0.1) is 11.3 Å². The molecule has 0 aliphatic heterocycles. The van der Waals surface area contributed by atoms with Gasteiger partial charge in [0.2, 0.25) is 0 Å². The molecule has 0 unspecified atom stereocenters. The van der Waals surface area contributed by atoms with Crippen LogP contribution in [-0.2, 0) is 5.33 Å². The Kier molecular flexibility index (Phi) is 3.78. The lowest BCUT2D eigenvalue weighted by molar-refractivity contribution is 0.0988. The smallest absolute Gasteiger partial charge is 0.163 e. The van der Waals surface area contributed by atoms with Crippen LogP contribution in [-0.4, -0.2) is 5.78 Å². The Morgan fingerprint density at radius 1 is 1.28 bits per heavy atom. The van der Waals surface area contributed by atoms with Gasteiger partial charge in [0.25, 0.3) is 0 Å². The number of alkyl halides is 1. The molecule has 0 bridgehead atoms. The van der Waals surface area contributed by atoms with E-state index in [-0.39, 0.29) is 5.78 Å². The number of nitriles is 1. The Morgan fingerprint density at radius 2 is 1.94 bits per heavy atom. The maximum Gasteiger partial charge on any atom is 0.163 e. The summed E-state index contributed by atoms with van der Waals surface area (Å²) in [6, 6.07) is 11.7. The highest BCUT2D eigenvalue weighted by molar-refractivity contribution is 9.08. The van der Waals surface area contributed by atoms with Gasteiger partial charge in [0.05, 0.1) is 5.56 Å². The molecule has 0 amide bonds. The quantitative estimate of drug-likeness (QED) is 0.631. The van der Waals surface area contributed by atoms with Gasteiger partial charge in [-0.25, -0.2) is 0 Å². The molecule has 0 fully saturated rings. The minimum atomic E-state index is 0.0853. The van der Waals surface area contributed by atoms with Crippen LogP contribution in [0.1, 0.15) is 34.8 Å². The van der Waals surface area contributed by atoms with Crippen LogP contribution in [0.2, 0.25) is 0 Å². The first-order chi connectivity index (χ1) is 8.74. The van der Waals surface area contributed by atoms with Gasteiger partial charge in [0, 0.05) is 22.9 Å². The van der Waals surface area contributed by atoms with Gasteiger partial charge >= 0.3 is 0 Å². The first kappa shape index (κ1) is 12.8. The number of carbonyl (C=O) groups excluding carboxylic acids is 1. The van der Waals surface area contributed by atoms with Gasteiger partial charge in [-0.1, -0.05) is 53.2 Å². The van der Waals surface area contributed by atoms with Crippen molar-refractivity contribution in [3.05, 3.63) is 47.0 Å². The molecule has 3 heteroatoms. The van der Waals surface area contributed by atoms with Crippen LogP contribution >= 0.6 is 15.9 Å². The van der Waals surface area contributed by atoms with Crippen LogP contribution in [0.25, 0.3) is 11.1 Å². The van der Waals surface area contributed by atoms with E-state index in [2.05, 4.69) is 22.0 Å². The number of nitrogens with zero attached hydrogens (tertiary/aromatic N) is 1. The molecule has 2 rings (SSSR count). The lowest BCUT2D eigenvalue weighted by atomic mass is 10.0. The van der Waals surface area contributed by atoms with Gasteiger partial charge in [0.15, 0.2) is 5.78 Å². The first-order valence-corrected chi connectivity index (χ1v) is 6.89. The summed E-state index contributed by atoms with van der Waals surface area (Å²) < 4.78 is 0. The highest BCUT2D eigenvalue weighted by Crippen LogP contribution is 2.37. The van der Waals surface area contributed by atoms with Gasteiger partial charge in [-0.3, -0.25) is 4.79 Å². The zero-order valence-electron chi connectivity index (χ0n) is 10.0. The van der Waals surface area contributed by atoms with Crippen LogP contribution < -0.4 is 0 Å². The molecule has 0 spiro atoms. The van der Waals surface area contributed by atoms with Gasteiger partial charge in [-0.15, -0.1) is 0 Å². The Labute approximate surface area is 115 Å². The highest BCUT2D eigenvalue weighted by atomic mass is 79.9. The van der Waals surface area contributed by atoms with Crippen molar-refractivity contribution in [3.63, 3.8) is 0 Å². The Balaban J connectivity index is 2.87. The minimum absolute atomic E-state index is 0.0853. The number of carbonyl (C=O) groups is 1. The van der Waals surface area contributed by atoms with E-state index in [1.54, 1.807) is 0 Å². The summed E-state index contributed by atoms with van der Waals surface area (Å²) in [6.45, 7) is 1.84. The molecule has 0 aromatic heterocycles. The van der Waals surface area contributed by atoms with Gasteiger partial charge < -0.3 is 0 Å². The maximum absolute atomic E-state index is 12.1. The van der Waals surface area contributed by atoms with Crippen molar-refractivity contribution in [1.29, 1.82) is 5.26 Å². The molecule has 2 aliphatic rings. The van der Waals surface area contributed by atoms with Crippen LogP contribution in [0.4, 0.5) is 0 Å². The monoisotopic (exact) mass is 301 g/mol. The number of Topliss-reactive ketones (excluding diaryl/α,β-unsaturated/α-hetero) is 1. The molecular weight excluding hydrogens is 290 g/mol. The molecule has 2 aliphatic carbocycles. The van der Waals surface area contributed by atoms with Crippen LogP contribution in [0.15, 0.2) is 30.3 Å². The van der Waals surface area contributed by atoms with Gasteiger partial charge in [0.1, 0.15) is 6.07 Å². The maximum atomic E-state index is 12.1. The Morgan fingerprint density at radius 3 is 2.50 bits per heavy atom. The van der Waals surface area contributed by atoms with E-state index in [1.807, 2.05) is 37.3 Å². The van der Waals surface area contributed by atoms with Crippen molar-refractivity contribution >= 4 is 21.7 Å². The predicted molar refractivity (Wildman–Crippen MR) is 75.0 cm³/mol. The number of fused-ring (bicyclic) bond motifs is 1. The Bertz CT molecular complexity index is 613. The van der Waals surface area contributed by atoms with Crippen molar-refractivity contribution in [1.82, 2.24) is 0 Å². The third-order valence-electron chi connectivity index (χ3n) is 3.03. The third-order valence-corrected chi connectivity index (χ3v) is 3.59. The van der Waals surface area contributed by atoms with Crippen molar-refractivity contribution in [3.8, 4) is 17.2 Å². The predicted octanol–water partition coefficient (Wildman–Crippen LogP) is 4.15. The third kappa shape index (κ3) is 1.93. The number of hydrogen-bond donors (Lipinski definition) is 0. The lowest BCUT2D eigenvalue weighted by Gasteiger charge is -2.00. The summed E-state index contributed by atoms with van der Waals surface area (Å²) in [5.74, 6) is 0.0853. The van der Waals surface area contributed by atoms with E-state index in [0.717, 1.165) is 16.7 Å². The summed E-state index contributed by atoms with van der Waals surface area (Å²) >= 11 is 3.38. The molecule has 90 valence electrons. The minimum Gasteiger partial charge on any atom is -0.294 e. The van der Waals surface area contributed by atoms with E-state index in [0.29, 0.717) is 22.9 Å². The largest absolute Gasteiger partial charge is 0.294 e. The molecule has 0 aromatic carbocycles. The van der Waals surface area contributed by atoms with E-state index in [9.17, 15) is 10.1 Å². The summed E-state index contributed by atoms with van der Waals surface area (Å²) in [6.07, 6.45) is 0.447. The molecular formula is C15H12BrNO. The van der Waals surface area contributed by atoms with E-state index < -0.39 is 0 Å². The van der Waals surface area contributed by atoms with E-state index in [4.69, 9.17) is 0 Å². The first-order valence-electron chi connectivity index (χ1n) is 5.77. The SMILES string of the molecule is CCC(=O)c1c2cccccc-2c(C#N)c1CBr. The van der Waals surface area contributed by atoms with Crippen LogP contribution in [0.3, 0.4) is 0 Å². The van der Waals surface area contributed by atoms with Crippen molar-refractivity contribution in [2.24, 2.45) is 0 Å².